The van der Waals surface area contributed by atoms with Gasteiger partial charge in [-0.3, -0.25) is 9.79 Å². The van der Waals surface area contributed by atoms with Crippen LogP contribution >= 0.6 is 0 Å². The largest absolute Gasteiger partial charge is 0.376 e. The molecule has 0 radical (unpaired) electrons. The van der Waals surface area contributed by atoms with Crippen LogP contribution in [0.1, 0.15) is 51.0 Å². The monoisotopic (exact) mass is 430 g/mol. The lowest BCUT2D eigenvalue weighted by molar-refractivity contribution is -0.121. The third-order valence-electron chi connectivity index (χ3n) is 5.80. The Morgan fingerprint density at radius 2 is 1.97 bits per heavy atom. The Balaban J connectivity index is 1.36. The topological polar surface area (TPSA) is 75.2 Å². The van der Waals surface area contributed by atoms with Gasteiger partial charge in [0.2, 0.25) is 5.91 Å². The third-order valence-corrected chi connectivity index (χ3v) is 5.80. The first-order valence-electron chi connectivity index (χ1n) is 11.8. The molecule has 1 aromatic carbocycles. The van der Waals surface area contributed by atoms with Gasteiger partial charge in [0.05, 0.1) is 25.4 Å². The lowest BCUT2D eigenvalue weighted by Gasteiger charge is -2.35. The highest BCUT2D eigenvalue weighted by molar-refractivity contribution is 5.81. The Labute approximate surface area is 186 Å². The maximum absolute atomic E-state index is 12.1. The van der Waals surface area contributed by atoms with Gasteiger partial charge in [0.15, 0.2) is 5.96 Å². The quantitative estimate of drug-likeness (QED) is 0.465. The number of carbonyl (C=O) groups is 1. The van der Waals surface area contributed by atoms with E-state index in [0.717, 1.165) is 63.6 Å². The van der Waals surface area contributed by atoms with E-state index >= 15 is 0 Å². The molecule has 1 unspecified atom stereocenters. The van der Waals surface area contributed by atoms with E-state index in [1.165, 1.54) is 12.8 Å². The van der Waals surface area contributed by atoms with E-state index in [-0.39, 0.29) is 12.0 Å². The number of carbonyl (C=O) groups excluding carboxylic acids is 1. The molecule has 2 heterocycles. The highest BCUT2D eigenvalue weighted by atomic mass is 16.5. The minimum absolute atomic E-state index is 0.0282. The molecule has 31 heavy (non-hydrogen) atoms. The summed E-state index contributed by atoms with van der Waals surface area (Å²) in [5, 5.41) is 6.33. The molecule has 7 nitrogen and oxygen atoms in total. The van der Waals surface area contributed by atoms with Crippen LogP contribution in [0.15, 0.2) is 35.3 Å². The van der Waals surface area contributed by atoms with Gasteiger partial charge in [0.1, 0.15) is 0 Å². The molecule has 0 spiro atoms. The predicted molar refractivity (Wildman–Crippen MR) is 123 cm³/mol. The summed E-state index contributed by atoms with van der Waals surface area (Å²) < 4.78 is 11.9. The Bertz CT molecular complexity index is 669. The summed E-state index contributed by atoms with van der Waals surface area (Å²) in [6.07, 6.45) is 6.50. The minimum atomic E-state index is 0.0282. The molecular weight excluding hydrogens is 392 g/mol. The standard InChI is InChI=1S/C24H38N4O3/c1-2-25-24(26-14-11-23(29)27-18-20-8-4-3-5-9-20)28-15-12-21(13-16-28)31-19-22-10-6-7-17-30-22/h3-5,8-9,21-22H,2,6-7,10-19H2,1H3,(H,25,26)(H,27,29). The van der Waals surface area contributed by atoms with Crippen LogP contribution in [0.4, 0.5) is 0 Å². The lowest BCUT2D eigenvalue weighted by Crippen LogP contribution is -2.47. The molecular formula is C24H38N4O3. The van der Waals surface area contributed by atoms with Gasteiger partial charge in [-0.15, -0.1) is 0 Å². The van der Waals surface area contributed by atoms with Gasteiger partial charge in [-0.25, -0.2) is 0 Å². The number of nitrogens with zero attached hydrogens (tertiary/aromatic N) is 2. The van der Waals surface area contributed by atoms with Gasteiger partial charge in [-0.1, -0.05) is 30.3 Å². The Kier molecular flexibility index (Phi) is 10.1. The van der Waals surface area contributed by atoms with Crippen LogP contribution in [0.2, 0.25) is 0 Å². The molecule has 0 bridgehead atoms. The first kappa shape index (κ1) is 23.5. The molecule has 0 aliphatic carbocycles. The van der Waals surface area contributed by atoms with Gasteiger partial charge in [0.25, 0.3) is 0 Å². The van der Waals surface area contributed by atoms with Crippen molar-refractivity contribution in [2.75, 3.05) is 39.4 Å². The molecule has 2 N–H and O–H groups in total. The second-order valence-electron chi connectivity index (χ2n) is 8.26. The van der Waals surface area contributed by atoms with Crippen LogP contribution in [-0.4, -0.2) is 68.4 Å². The van der Waals surface area contributed by atoms with Crippen LogP contribution < -0.4 is 10.6 Å². The van der Waals surface area contributed by atoms with Crippen molar-refractivity contribution in [1.82, 2.24) is 15.5 Å². The minimum Gasteiger partial charge on any atom is -0.376 e. The van der Waals surface area contributed by atoms with E-state index in [2.05, 4.69) is 27.4 Å². The number of amides is 1. The molecule has 1 atom stereocenters. The number of rotatable bonds is 9. The summed E-state index contributed by atoms with van der Waals surface area (Å²) in [6.45, 7) is 7.36. The lowest BCUT2D eigenvalue weighted by atomic mass is 10.1. The zero-order chi connectivity index (χ0) is 21.7. The fourth-order valence-electron chi connectivity index (χ4n) is 3.99. The van der Waals surface area contributed by atoms with Crippen molar-refractivity contribution in [3.8, 4) is 0 Å². The molecule has 172 valence electrons. The molecule has 2 saturated heterocycles. The number of nitrogens with one attached hydrogen (secondary N) is 2. The average molecular weight is 431 g/mol. The molecule has 2 fully saturated rings. The first-order valence-corrected chi connectivity index (χ1v) is 11.8. The molecule has 7 heteroatoms. The number of hydrogen-bond acceptors (Lipinski definition) is 4. The van der Waals surface area contributed by atoms with E-state index < -0.39 is 0 Å². The zero-order valence-corrected chi connectivity index (χ0v) is 18.9. The van der Waals surface area contributed by atoms with E-state index in [1.54, 1.807) is 0 Å². The third kappa shape index (κ3) is 8.50. The average Bonchev–Trinajstić information content (AvgIpc) is 2.82. The zero-order valence-electron chi connectivity index (χ0n) is 18.9. The fourth-order valence-corrected chi connectivity index (χ4v) is 3.99. The summed E-state index contributed by atoms with van der Waals surface area (Å²) in [5.74, 6) is 0.924. The molecule has 1 aromatic rings. The molecule has 0 saturated carbocycles. The summed E-state index contributed by atoms with van der Waals surface area (Å²) in [5.41, 5.74) is 1.10. The number of ether oxygens (including phenoxy) is 2. The van der Waals surface area contributed by atoms with Gasteiger partial charge in [-0.2, -0.15) is 0 Å². The van der Waals surface area contributed by atoms with Crippen LogP contribution in [0.25, 0.3) is 0 Å². The van der Waals surface area contributed by atoms with Crippen molar-refractivity contribution >= 4 is 11.9 Å². The van der Waals surface area contributed by atoms with Gasteiger partial charge in [0, 0.05) is 39.2 Å². The van der Waals surface area contributed by atoms with Crippen LogP contribution in [0.5, 0.6) is 0 Å². The van der Waals surface area contributed by atoms with Crippen LogP contribution in [0.3, 0.4) is 0 Å². The molecule has 0 aromatic heterocycles. The van der Waals surface area contributed by atoms with Crippen molar-refractivity contribution in [2.24, 2.45) is 4.99 Å². The smallest absolute Gasteiger partial charge is 0.222 e. The number of hydrogen-bond donors (Lipinski definition) is 2. The van der Waals surface area contributed by atoms with Crippen molar-refractivity contribution in [1.29, 1.82) is 0 Å². The van der Waals surface area contributed by atoms with Crippen LogP contribution in [-0.2, 0) is 20.8 Å². The number of aliphatic imine (C=N–C) groups is 1. The van der Waals surface area contributed by atoms with Crippen LogP contribution in [0, 0.1) is 0 Å². The van der Waals surface area contributed by atoms with Gasteiger partial charge in [-0.05, 0) is 44.6 Å². The van der Waals surface area contributed by atoms with Crippen molar-refractivity contribution in [3.05, 3.63) is 35.9 Å². The highest BCUT2D eigenvalue weighted by Gasteiger charge is 2.23. The Morgan fingerprint density at radius 3 is 2.68 bits per heavy atom. The SMILES string of the molecule is CCNC(=NCCC(=O)NCc1ccccc1)N1CCC(OCC2CCCCO2)CC1. The summed E-state index contributed by atoms with van der Waals surface area (Å²) in [7, 11) is 0. The Hall–Kier alpha value is -2.12. The van der Waals surface area contributed by atoms with E-state index in [4.69, 9.17) is 9.47 Å². The molecule has 2 aliphatic heterocycles. The fraction of sp³-hybridized carbons (Fsp3) is 0.667. The second kappa shape index (κ2) is 13.3. The molecule has 2 aliphatic rings. The second-order valence-corrected chi connectivity index (χ2v) is 8.26. The van der Waals surface area contributed by atoms with E-state index in [1.807, 2.05) is 30.3 Å². The first-order chi connectivity index (χ1) is 15.2. The van der Waals surface area contributed by atoms with Crippen molar-refractivity contribution in [2.45, 2.75) is 64.2 Å². The number of piperidine rings is 1. The summed E-state index contributed by atoms with van der Waals surface area (Å²) in [6, 6.07) is 9.95. The van der Waals surface area contributed by atoms with Gasteiger partial charge >= 0.3 is 0 Å². The maximum Gasteiger partial charge on any atom is 0.222 e. The Morgan fingerprint density at radius 1 is 1.16 bits per heavy atom. The van der Waals surface area contributed by atoms with Crippen molar-refractivity contribution in [3.63, 3.8) is 0 Å². The summed E-state index contributed by atoms with van der Waals surface area (Å²) in [4.78, 5) is 19.1. The predicted octanol–water partition coefficient (Wildman–Crippen LogP) is 2.71. The summed E-state index contributed by atoms with van der Waals surface area (Å²) >= 11 is 0. The van der Waals surface area contributed by atoms with Crippen molar-refractivity contribution < 1.29 is 14.3 Å². The number of benzene rings is 1. The van der Waals surface area contributed by atoms with E-state index in [0.29, 0.717) is 25.6 Å². The van der Waals surface area contributed by atoms with E-state index in [9.17, 15) is 4.79 Å². The number of guanidine groups is 1. The normalized spacial score (nSPS) is 20.5. The van der Waals surface area contributed by atoms with Gasteiger partial charge < -0.3 is 25.0 Å². The highest BCUT2D eigenvalue weighted by Crippen LogP contribution is 2.18. The molecule has 1 amide bonds. The maximum atomic E-state index is 12.1. The number of likely N-dealkylation sites (tertiary alicyclic amines) is 1. The molecule has 3 rings (SSSR count).